The first-order chi connectivity index (χ1) is 10.7. The number of rotatable bonds is 4. The number of nitrogens with zero attached hydrogens (tertiary/aromatic N) is 2. The Bertz CT molecular complexity index is 693. The molecule has 23 heavy (non-hydrogen) atoms. The molecule has 0 saturated carbocycles. The van der Waals surface area contributed by atoms with Crippen LogP contribution in [0.2, 0.25) is 5.02 Å². The number of aromatic nitrogens is 2. The van der Waals surface area contributed by atoms with Crippen molar-refractivity contribution in [1.29, 1.82) is 0 Å². The zero-order valence-corrected chi connectivity index (χ0v) is 13.2. The number of alkyl halides is 3. The first-order valence-electron chi connectivity index (χ1n) is 6.92. The van der Waals surface area contributed by atoms with E-state index in [0.717, 1.165) is 17.7 Å². The van der Waals surface area contributed by atoms with E-state index in [1.54, 1.807) is 6.92 Å². The molecule has 0 amide bonds. The Labute approximate surface area is 136 Å². The van der Waals surface area contributed by atoms with Gasteiger partial charge in [0, 0.05) is 16.3 Å². The quantitative estimate of drug-likeness (QED) is 0.884. The Hall–Kier alpha value is -2.02. The van der Waals surface area contributed by atoms with Crippen LogP contribution in [0.4, 0.5) is 24.9 Å². The van der Waals surface area contributed by atoms with Crippen LogP contribution in [0, 0.1) is 6.92 Å². The second-order valence-corrected chi connectivity index (χ2v) is 5.60. The fourth-order valence-corrected chi connectivity index (χ4v) is 2.61. The highest BCUT2D eigenvalue weighted by molar-refractivity contribution is 6.31. The third-order valence-corrected chi connectivity index (χ3v) is 3.87. The number of anilines is 2. The van der Waals surface area contributed by atoms with Gasteiger partial charge in [-0.15, -0.1) is 0 Å². The molecule has 1 aromatic carbocycles. The zero-order chi connectivity index (χ0) is 17.2. The van der Waals surface area contributed by atoms with Crippen molar-refractivity contribution < 1.29 is 13.2 Å². The lowest BCUT2D eigenvalue weighted by molar-refractivity contribution is -0.137. The molecular formula is C15H16ClF3N4. The van der Waals surface area contributed by atoms with Crippen molar-refractivity contribution >= 4 is 23.4 Å². The molecule has 0 unspecified atom stereocenters. The van der Waals surface area contributed by atoms with Crippen LogP contribution >= 0.6 is 11.6 Å². The normalized spacial score (nSPS) is 11.7. The van der Waals surface area contributed by atoms with E-state index in [2.05, 4.69) is 9.97 Å². The van der Waals surface area contributed by atoms with Crippen LogP contribution in [0.5, 0.6) is 0 Å². The van der Waals surface area contributed by atoms with Crippen molar-refractivity contribution in [2.45, 2.75) is 32.4 Å². The first-order valence-corrected chi connectivity index (χ1v) is 7.30. The average Bonchev–Trinajstić information content (AvgIpc) is 2.42. The molecule has 124 valence electrons. The van der Waals surface area contributed by atoms with Crippen LogP contribution in [0.15, 0.2) is 18.2 Å². The van der Waals surface area contributed by atoms with Crippen molar-refractivity contribution in [1.82, 2.24) is 9.97 Å². The molecule has 1 heterocycles. The van der Waals surface area contributed by atoms with Crippen LogP contribution in [-0.2, 0) is 19.0 Å². The van der Waals surface area contributed by atoms with Gasteiger partial charge >= 0.3 is 6.18 Å². The maximum absolute atomic E-state index is 12.6. The van der Waals surface area contributed by atoms with Gasteiger partial charge in [-0.05, 0) is 43.9 Å². The summed E-state index contributed by atoms with van der Waals surface area (Å²) in [5.41, 5.74) is 12.7. The predicted molar refractivity (Wildman–Crippen MR) is 84.1 cm³/mol. The van der Waals surface area contributed by atoms with E-state index in [9.17, 15) is 13.2 Å². The summed E-state index contributed by atoms with van der Waals surface area (Å²) in [4.78, 5) is 7.96. The van der Waals surface area contributed by atoms with Crippen LogP contribution in [0.25, 0.3) is 0 Å². The third-order valence-electron chi connectivity index (χ3n) is 3.52. The van der Waals surface area contributed by atoms with E-state index in [1.165, 1.54) is 6.07 Å². The molecular weight excluding hydrogens is 329 g/mol. The summed E-state index contributed by atoms with van der Waals surface area (Å²) in [5, 5.41) is 0.109. The highest BCUT2D eigenvalue weighted by Gasteiger charge is 2.30. The Morgan fingerprint density at radius 1 is 1.13 bits per heavy atom. The Morgan fingerprint density at radius 2 is 1.83 bits per heavy atom. The molecule has 2 rings (SSSR count). The molecule has 0 fully saturated rings. The van der Waals surface area contributed by atoms with Gasteiger partial charge in [0.05, 0.1) is 5.56 Å². The fraction of sp³-hybridized carbons (Fsp3) is 0.333. The lowest BCUT2D eigenvalue weighted by Gasteiger charge is -2.11. The van der Waals surface area contributed by atoms with Crippen LogP contribution in [0.1, 0.15) is 28.8 Å². The summed E-state index contributed by atoms with van der Waals surface area (Å²) < 4.78 is 37.8. The molecule has 4 N–H and O–H groups in total. The maximum Gasteiger partial charge on any atom is 0.416 e. The molecule has 0 spiro atoms. The summed E-state index contributed by atoms with van der Waals surface area (Å²) in [6.07, 6.45) is -2.62. The van der Waals surface area contributed by atoms with E-state index >= 15 is 0 Å². The number of halogens is 4. The van der Waals surface area contributed by atoms with Gasteiger partial charge in [0.2, 0.25) is 5.95 Å². The fourth-order valence-electron chi connectivity index (χ4n) is 2.33. The molecule has 0 aliphatic heterocycles. The molecule has 1 aromatic heterocycles. The van der Waals surface area contributed by atoms with E-state index in [1.807, 2.05) is 0 Å². The topological polar surface area (TPSA) is 77.8 Å². The molecule has 4 nitrogen and oxygen atoms in total. The predicted octanol–water partition coefficient (Wildman–Crippen LogP) is 3.80. The van der Waals surface area contributed by atoms with Crippen molar-refractivity contribution in [2.75, 3.05) is 11.5 Å². The summed E-state index contributed by atoms with van der Waals surface area (Å²) in [7, 11) is 0. The molecule has 0 aliphatic rings. The first kappa shape index (κ1) is 17.3. The lowest BCUT2D eigenvalue weighted by Crippen LogP contribution is -2.07. The minimum atomic E-state index is -4.39. The van der Waals surface area contributed by atoms with Crippen LogP contribution < -0.4 is 11.5 Å². The van der Waals surface area contributed by atoms with Gasteiger partial charge in [-0.25, -0.2) is 4.98 Å². The number of nitrogens with two attached hydrogens (primary N) is 2. The van der Waals surface area contributed by atoms with Crippen molar-refractivity contribution in [2.24, 2.45) is 0 Å². The smallest absolute Gasteiger partial charge is 0.383 e. The molecule has 8 heteroatoms. The number of hydrogen-bond donors (Lipinski definition) is 2. The second kappa shape index (κ2) is 6.62. The monoisotopic (exact) mass is 344 g/mol. The lowest BCUT2D eigenvalue weighted by atomic mass is 10.0. The van der Waals surface area contributed by atoms with E-state index in [0.29, 0.717) is 36.3 Å². The largest absolute Gasteiger partial charge is 0.416 e. The minimum absolute atomic E-state index is 0.109. The number of hydrogen-bond acceptors (Lipinski definition) is 4. The Kier molecular flexibility index (Phi) is 4.99. The highest BCUT2D eigenvalue weighted by Crippen LogP contribution is 2.32. The maximum atomic E-state index is 12.6. The molecule has 0 radical (unpaired) electrons. The van der Waals surface area contributed by atoms with Gasteiger partial charge in [-0.2, -0.15) is 18.2 Å². The average molecular weight is 345 g/mol. The molecule has 2 aromatic rings. The van der Waals surface area contributed by atoms with E-state index in [-0.39, 0.29) is 11.0 Å². The summed E-state index contributed by atoms with van der Waals surface area (Å²) in [5.74, 6) is 0.447. The zero-order valence-electron chi connectivity index (χ0n) is 12.4. The Balaban J connectivity index is 2.05. The molecule has 0 bridgehead atoms. The second-order valence-electron chi connectivity index (χ2n) is 5.19. The SMILES string of the molecule is Cc1nc(N)nc(N)c1CCCc1ccc(C(F)(F)F)cc1Cl. The number of nitrogen functional groups attached to an aromatic ring is 2. The van der Waals surface area contributed by atoms with Gasteiger partial charge < -0.3 is 11.5 Å². The van der Waals surface area contributed by atoms with Crippen molar-refractivity contribution in [3.05, 3.63) is 45.6 Å². The van der Waals surface area contributed by atoms with Gasteiger partial charge in [-0.1, -0.05) is 17.7 Å². The van der Waals surface area contributed by atoms with Gasteiger partial charge in [0.1, 0.15) is 5.82 Å². The molecule has 0 aliphatic carbocycles. The highest BCUT2D eigenvalue weighted by atomic mass is 35.5. The minimum Gasteiger partial charge on any atom is -0.383 e. The molecule has 0 atom stereocenters. The number of benzene rings is 1. The van der Waals surface area contributed by atoms with Crippen LogP contribution in [0.3, 0.4) is 0 Å². The third kappa shape index (κ3) is 4.25. The molecule has 0 saturated heterocycles. The van der Waals surface area contributed by atoms with Crippen molar-refractivity contribution in [3.8, 4) is 0 Å². The summed E-state index contributed by atoms with van der Waals surface area (Å²) in [6.45, 7) is 1.79. The van der Waals surface area contributed by atoms with Gasteiger partial charge in [0.25, 0.3) is 0 Å². The van der Waals surface area contributed by atoms with Crippen molar-refractivity contribution in [3.63, 3.8) is 0 Å². The van der Waals surface area contributed by atoms with E-state index in [4.69, 9.17) is 23.1 Å². The summed E-state index contributed by atoms with van der Waals surface area (Å²) >= 11 is 5.93. The van der Waals surface area contributed by atoms with E-state index < -0.39 is 11.7 Å². The number of aryl methyl sites for hydroxylation is 2. The van der Waals surface area contributed by atoms with Crippen LogP contribution in [-0.4, -0.2) is 9.97 Å². The van der Waals surface area contributed by atoms with Gasteiger partial charge in [-0.3, -0.25) is 0 Å². The summed E-state index contributed by atoms with van der Waals surface area (Å²) in [6, 6.07) is 3.39. The Morgan fingerprint density at radius 3 is 2.39 bits per heavy atom. The standard InChI is InChI=1S/C15H16ClF3N4/c1-8-11(13(20)23-14(21)22-8)4-2-3-9-5-6-10(7-12(9)16)15(17,18)19/h5-7H,2-4H2,1H3,(H4,20,21,22,23). The van der Waals surface area contributed by atoms with Gasteiger partial charge in [0.15, 0.2) is 0 Å².